The first-order valence-corrected chi connectivity index (χ1v) is 9.01. The van der Waals surface area contributed by atoms with Gasteiger partial charge >= 0.3 is 0 Å². The van der Waals surface area contributed by atoms with E-state index >= 15 is 0 Å². The number of rotatable bonds is 6. The summed E-state index contributed by atoms with van der Waals surface area (Å²) in [6, 6.07) is 12.8. The molecule has 0 aliphatic carbocycles. The summed E-state index contributed by atoms with van der Waals surface area (Å²) < 4.78 is 11.1. The monoisotopic (exact) mass is 374 g/mol. The third kappa shape index (κ3) is 4.68. The average molecular weight is 375 g/mol. The van der Waals surface area contributed by atoms with Gasteiger partial charge in [0.2, 0.25) is 0 Å². The topological polar surface area (TPSA) is 50.8 Å². The fourth-order valence-electron chi connectivity index (χ4n) is 2.83. The molecule has 1 aliphatic heterocycles. The van der Waals surface area contributed by atoms with Gasteiger partial charge in [-0.15, -0.1) is 0 Å². The molecule has 5 nitrogen and oxygen atoms in total. The molecule has 26 heavy (non-hydrogen) atoms. The molecule has 0 saturated heterocycles. The molecule has 1 amide bonds. The van der Waals surface area contributed by atoms with Crippen LogP contribution in [0.15, 0.2) is 42.5 Å². The molecule has 1 unspecified atom stereocenters. The number of hydrogen-bond donors (Lipinski definition) is 1. The molecule has 0 radical (unpaired) electrons. The maximum Gasteiger partial charge on any atom is 0.251 e. The summed E-state index contributed by atoms with van der Waals surface area (Å²) in [7, 11) is 4.03. The Morgan fingerprint density at radius 3 is 2.50 bits per heavy atom. The minimum atomic E-state index is -0.138. The molecule has 1 heterocycles. The van der Waals surface area contributed by atoms with Gasteiger partial charge in [-0.2, -0.15) is 0 Å². The summed E-state index contributed by atoms with van der Waals surface area (Å²) in [6.07, 6.45) is 0.797. The Bertz CT molecular complexity index is 762. The van der Waals surface area contributed by atoms with Crippen molar-refractivity contribution in [3.63, 3.8) is 0 Å². The predicted molar refractivity (Wildman–Crippen MR) is 102 cm³/mol. The Kier molecular flexibility index (Phi) is 6.01. The second-order valence-corrected chi connectivity index (χ2v) is 6.96. The van der Waals surface area contributed by atoms with Crippen LogP contribution in [-0.4, -0.2) is 44.7 Å². The molecule has 6 heteroatoms. The Balaban J connectivity index is 1.76. The number of fused-ring (bicyclic) bond motifs is 1. The van der Waals surface area contributed by atoms with Crippen molar-refractivity contribution in [3.8, 4) is 11.5 Å². The lowest BCUT2D eigenvalue weighted by Crippen LogP contribution is -2.31. The van der Waals surface area contributed by atoms with Crippen molar-refractivity contribution in [3.05, 3.63) is 58.6 Å². The van der Waals surface area contributed by atoms with Gasteiger partial charge in [0, 0.05) is 10.6 Å². The van der Waals surface area contributed by atoms with E-state index < -0.39 is 0 Å². The van der Waals surface area contributed by atoms with Crippen LogP contribution >= 0.6 is 11.6 Å². The van der Waals surface area contributed by atoms with Gasteiger partial charge in [0.25, 0.3) is 5.91 Å². The van der Waals surface area contributed by atoms with E-state index in [9.17, 15) is 4.79 Å². The van der Waals surface area contributed by atoms with E-state index in [-0.39, 0.29) is 11.9 Å². The molecule has 0 bridgehead atoms. The fraction of sp³-hybridized carbons (Fsp3) is 0.350. The van der Waals surface area contributed by atoms with E-state index in [4.69, 9.17) is 21.1 Å². The van der Waals surface area contributed by atoms with Gasteiger partial charge in [0.1, 0.15) is 13.2 Å². The smallest absolute Gasteiger partial charge is 0.251 e. The molecule has 0 spiro atoms. The molecule has 1 atom stereocenters. The predicted octanol–water partition coefficient (Wildman–Crippen LogP) is 3.53. The molecule has 138 valence electrons. The Morgan fingerprint density at radius 1 is 1.12 bits per heavy atom. The second-order valence-electron chi connectivity index (χ2n) is 6.53. The largest absolute Gasteiger partial charge is 0.486 e. The second kappa shape index (κ2) is 8.43. The first-order valence-electron chi connectivity index (χ1n) is 8.63. The number of halogens is 1. The summed E-state index contributed by atoms with van der Waals surface area (Å²) in [6.45, 7) is 1.88. The zero-order chi connectivity index (χ0) is 18.5. The van der Waals surface area contributed by atoms with E-state index in [2.05, 4.69) is 10.2 Å². The van der Waals surface area contributed by atoms with Crippen molar-refractivity contribution >= 4 is 17.5 Å². The highest BCUT2D eigenvalue weighted by Crippen LogP contribution is 2.31. The summed E-state index contributed by atoms with van der Waals surface area (Å²) in [5, 5.41) is 3.81. The lowest BCUT2D eigenvalue weighted by Gasteiger charge is -2.22. The van der Waals surface area contributed by atoms with Crippen molar-refractivity contribution in [1.82, 2.24) is 10.2 Å². The van der Waals surface area contributed by atoms with Crippen LogP contribution in [0, 0.1) is 0 Å². The van der Waals surface area contributed by atoms with Gasteiger partial charge in [-0.3, -0.25) is 4.79 Å². The average Bonchev–Trinajstić information content (AvgIpc) is 2.65. The number of carbonyl (C=O) groups excluding carboxylic acids is 1. The van der Waals surface area contributed by atoms with E-state index in [1.54, 1.807) is 18.2 Å². The Labute approximate surface area is 158 Å². The summed E-state index contributed by atoms with van der Waals surface area (Å²) in [4.78, 5) is 14.9. The summed E-state index contributed by atoms with van der Waals surface area (Å²) in [5.74, 6) is 1.15. The number of amides is 1. The molecule has 1 N–H and O–H groups in total. The van der Waals surface area contributed by atoms with Crippen LogP contribution in [0.5, 0.6) is 11.5 Å². The van der Waals surface area contributed by atoms with Crippen LogP contribution in [0.25, 0.3) is 0 Å². The first-order chi connectivity index (χ1) is 12.5. The van der Waals surface area contributed by atoms with Gasteiger partial charge < -0.3 is 19.7 Å². The first kappa shape index (κ1) is 18.5. The molecule has 0 fully saturated rings. The highest BCUT2D eigenvalue weighted by molar-refractivity contribution is 6.30. The summed E-state index contributed by atoms with van der Waals surface area (Å²) >= 11 is 5.99. The molecular weight excluding hydrogens is 352 g/mol. The zero-order valence-corrected chi connectivity index (χ0v) is 15.8. The van der Waals surface area contributed by atoms with Gasteiger partial charge in [0.05, 0.1) is 6.04 Å². The number of nitrogens with one attached hydrogen (secondary N) is 1. The minimum absolute atomic E-state index is 0.102. The third-order valence-corrected chi connectivity index (χ3v) is 4.50. The van der Waals surface area contributed by atoms with E-state index in [1.807, 2.05) is 38.4 Å². The van der Waals surface area contributed by atoms with Crippen LogP contribution in [-0.2, 0) is 0 Å². The van der Waals surface area contributed by atoms with Gasteiger partial charge in [-0.1, -0.05) is 23.7 Å². The molecule has 1 aliphatic rings. The zero-order valence-electron chi connectivity index (χ0n) is 15.0. The van der Waals surface area contributed by atoms with Crippen LogP contribution in [0.3, 0.4) is 0 Å². The van der Waals surface area contributed by atoms with Gasteiger partial charge in [-0.05, 0) is 63.0 Å². The molecular formula is C20H23ClN2O3. The van der Waals surface area contributed by atoms with Crippen LogP contribution in [0.4, 0.5) is 0 Å². The van der Waals surface area contributed by atoms with Crippen LogP contribution in [0.1, 0.15) is 28.4 Å². The summed E-state index contributed by atoms with van der Waals surface area (Å²) in [5.41, 5.74) is 1.58. The maximum atomic E-state index is 12.8. The van der Waals surface area contributed by atoms with Gasteiger partial charge in [0.15, 0.2) is 11.5 Å². The Hall–Kier alpha value is -2.24. The van der Waals surface area contributed by atoms with Crippen molar-refractivity contribution in [2.75, 3.05) is 33.9 Å². The molecule has 2 aromatic rings. The third-order valence-electron chi connectivity index (χ3n) is 4.25. The van der Waals surface area contributed by atoms with Gasteiger partial charge in [-0.25, -0.2) is 0 Å². The molecule has 2 aromatic carbocycles. The van der Waals surface area contributed by atoms with Crippen molar-refractivity contribution in [2.24, 2.45) is 0 Å². The SMILES string of the molecule is CN(C)CCC(NC(=O)c1ccc2c(c1)OCCO2)c1ccc(Cl)cc1. The highest BCUT2D eigenvalue weighted by Gasteiger charge is 2.19. The normalized spacial score (nSPS) is 14.2. The highest BCUT2D eigenvalue weighted by atomic mass is 35.5. The minimum Gasteiger partial charge on any atom is -0.486 e. The number of hydrogen-bond acceptors (Lipinski definition) is 4. The number of benzene rings is 2. The maximum absolute atomic E-state index is 12.8. The van der Waals surface area contributed by atoms with E-state index in [1.165, 1.54) is 0 Å². The molecule has 0 saturated carbocycles. The fourth-order valence-corrected chi connectivity index (χ4v) is 2.96. The number of nitrogens with zero attached hydrogens (tertiary/aromatic N) is 1. The standard InChI is InChI=1S/C20H23ClN2O3/c1-23(2)10-9-17(14-3-6-16(21)7-4-14)22-20(24)15-5-8-18-19(13-15)26-12-11-25-18/h3-8,13,17H,9-12H2,1-2H3,(H,22,24). The Morgan fingerprint density at radius 2 is 1.81 bits per heavy atom. The van der Waals surface area contributed by atoms with E-state index in [0.717, 1.165) is 18.5 Å². The van der Waals surface area contributed by atoms with Crippen molar-refractivity contribution < 1.29 is 14.3 Å². The lowest BCUT2D eigenvalue weighted by atomic mass is 10.0. The van der Waals surface area contributed by atoms with Crippen LogP contribution < -0.4 is 14.8 Å². The quantitative estimate of drug-likeness (QED) is 0.840. The number of carbonyl (C=O) groups is 1. The van der Waals surface area contributed by atoms with E-state index in [0.29, 0.717) is 35.3 Å². The van der Waals surface area contributed by atoms with Crippen molar-refractivity contribution in [2.45, 2.75) is 12.5 Å². The lowest BCUT2D eigenvalue weighted by molar-refractivity contribution is 0.0931. The molecule has 3 rings (SSSR count). The van der Waals surface area contributed by atoms with Crippen molar-refractivity contribution in [1.29, 1.82) is 0 Å². The number of ether oxygens (including phenoxy) is 2. The van der Waals surface area contributed by atoms with Crippen LogP contribution in [0.2, 0.25) is 5.02 Å². The molecule has 0 aromatic heterocycles.